The second kappa shape index (κ2) is 6.51. The number of thiophene rings is 1. The van der Waals surface area contributed by atoms with Crippen molar-refractivity contribution in [2.45, 2.75) is 45.6 Å². The molecule has 3 heteroatoms. The average molecular weight is 320 g/mol. The van der Waals surface area contributed by atoms with E-state index in [4.69, 9.17) is 11.6 Å². The van der Waals surface area contributed by atoms with Crippen LogP contribution in [0.3, 0.4) is 0 Å². The van der Waals surface area contributed by atoms with Crippen molar-refractivity contribution in [2.75, 3.05) is 6.54 Å². The molecule has 1 aromatic carbocycles. The van der Waals surface area contributed by atoms with Crippen molar-refractivity contribution in [2.24, 2.45) is 0 Å². The van der Waals surface area contributed by atoms with Gasteiger partial charge >= 0.3 is 0 Å². The lowest BCUT2D eigenvalue weighted by molar-refractivity contribution is 0.605. The fraction of sp³-hybridized carbons (Fsp3) is 0.444. The lowest BCUT2D eigenvalue weighted by Crippen LogP contribution is -2.22. The summed E-state index contributed by atoms with van der Waals surface area (Å²) in [5.74, 6) is 0. The minimum atomic E-state index is 0.270. The zero-order valence-corrected chi connectivity index (χ0v) is 14.3. The zero-order valence-electron chi connectivity index (χ0n) is 12.7. The van der Waals surface area contributed by atoms with Gasteiger partial charge in [-0.2, -0.15) is 0 Å². The Morgan fingerprint density at radius 3 is 2.76 bits per heavy atom. The molecule has 1 N–H and O–H groups in total. The van der Waals surface area contributed by atoms with E-state index in [-0.39, 0.29) is 6.04 Å². The molecule has 1 heterocycles. The van der Waals surface area contributed by atoms with Crippen molar-refractivity contribution < 1.29 is 0 Å². The van der Waals surface area contributed by atoms with Crippen molar-refractivity contribution in [1.82, 2.24) is 5.32 Å². The minimum absolute atomic E-state index is 0.270. The Bertz CT molecular complexity index is 613. The Labute approximate surface area is 136 Å². The highest BCUT2D eigenvalue weighted by Gasteiger charge is 2.19. The molecule has 0 radical (unpaired) electrons. The van der Waals surface area contributed by atoms with E-state index >= 15 is 0 Å². The highest BCUT2D eigenvalue weighted by molar-refractivity contribution is 7.16. The molecule has 0 amide bonds. The summed E-state index contributed by atoms with van der Waals surface area (Å²) >= 11 is 7.98. The lowest BCUT2D eigenvalue weighted by atomic mass is 9.99. The molecule has 3 rings (SSSR count). The molecule has 1 nitrogen and oxygen atoms in total. The van der Waals surface area contributed by atoms with Gasteiger partial charge in [0.1, 0.15) is 0 Å². The molecule has 0 spiro atoms. The zero-order chi connectivity index (χ0) is 14.8. The highest BCUT2D eigenvalue weighted by Crippen LogP contribution is 2.35. The summed E-state index contributed by atoms with van der Waals surface area (Å²) in [7, 11) is 0. The van der Waals surface area contributed by atoms with Crippen LogP contribution >= 0.6 is 22.9 Å². The van der Waals surface area contributed by atoms with Gasteiger partial charge in [-0.05, 0) is 67.5 Å². The number of benzene rings is 1. The highest BCUT2D eigenvalue weighted by atomic mass is 35.5. The maximum absolute atomic E-state index is 6.28. The molecule has 0 bridgehead atoms. The average Bonchev–Trinajstić information content (AvgIpc) is 3.06. The predicted octanol–water partition coefficient (Wildman–Crippen LogP) is 5.29. The smallest absolute Gasteiger partial charge is 0.0961 e. The molecule has 21 heavy (non-hydrogen) atoms. The summed E-state index contributed by atoms with van der Waals surface area (Å²) in [5, 5.41) is 3.69. The van der Waals surface area contributed by atoms with Gasteiger partial charge in [0.05, 0.1) is 10.4 Å². The Morgan fingerprint density at radius 1 is 1.24 bits per heavy atom. The van der Waals surface area contributed by atoms with Crippen LogP contribution in [-0.2, 0) is 12.8 Å². The van der Waals surface area contributed by atoms with E-state index in [0.717, 1.165) is 17.3 Å². The molecular weight excluding hydrogens is 298 g/mol. The van der Waals surface area contributed by atoms with Gasteiger partial charge in [-0.3, -0.25) is 0 Å². The molecular formula is C18H22ClNS. The maximum Gasteiger partial charge on any atom is 0.0961 e. The summed E-state index contributed by atoms with van der Waals surface area (Å²) in [4.78, 5) is 1.32. The standard InChI is InChI=1S/C18H22ClNS/c1-3-9-20-17(16-10-12(2)18(19)21-16)15-8-7-13-5-4-6-14(13)11-15/h7-8,10-11,17,20H,3-6,9H2,1-2H3. The van der Waals surface area contributed by atoms with E-state index in [1.54, 1.807) is 11.3 Å². The van der Waals surface area contributed by atoms with Gasteiger partial charge in [0.15, 0.2) is 0 Å². The summed E-state index contributed by atoms with van der Waals surface area (Å²) in [6.45, 7) is 5.32. The third kappa shape index (κ3) is 3.18. The van der Waals surface area contributed by atoms with E-state index < -0.39 is 0 Å². The second-order valence-corrected chi connectivity index (χ2v) is 7.56. The number of hydrogen-bond acceptors (Lipinski definition) is 2. The molecule has 2 aromatic rings. The first-order valence-electron chi connectivity index (χ1n) is 7.80. The van der Waals surface area contributed by atoms with Crippen LogP contribution in [0.2, 0.25) is 4.34 Å². The van der Waals surface area contributed by atoms with Gasteiger partial charge in [0.25, 0.3) is 0 Å². The molecule has 112 valence electrons. The fourth-order valence-electron chi connectivity index (χ4n) is 3.07. The first-order valence-corrected chi connectivity index (χ1v) is 8.99. The van der Waals surface area contributed by atoms with Crippen molar-refractivity contribution in [3.05, 3.63) is 55.7 Å². The van der Waals surface area contributed by atoms with Crippen molar-refractivity contribution in [3.8, 4) is 0 Å². The number of nitrogens with one attached hydrogen (secondary N) is 1. The van der Waals surface area contributed by atoms with Gasteiger partial charge in [0, 0.05) is 4.88 Å². The monoisotopic (exact) mass is 319 g/mol. The van der Waals surface area contributed by atoms with Crippen LogP contribution in [0.5, 0.6) is 0 Å². The van der Waals surface area contributed by atoms with E-state index in [2.05, 4.69) is 43.4 Å². The van der Waals surface area contributed by atoms with Crippen molar-refractivity contribution in [3.63, 3.8) is 0 Å². The van der Waals surface area contributed by atoms with E-state index in [0.29, 0.717) is 0 Å². The molecule has 0 fully saturated rings. The Kier molecular flexibility index (Phi) is 4.68. The Morgan fingerprint density at radius 2 is 2.05 bits per heavy atom. The number of halogens is 1. The maximum atomic E-state index is 6.28. The molecule has 1 unspecified atom stereocenters. The van der Waals surface area contributed by atoms with Crippen molar-refractivity contribution >= 4 is 22.9 Å². The summed E-state index contributed by atoms with van der Waals surface area (Å²) in [6.07, 6.45) is 4.91. The molecule has 1 aromatic heterocycles. The predicted molar refractivity (Wildman–Crippen MR) is 92.7 cm³/mol. The SMILES string of the molecule is CCCNC(c1ccc2c(c1)CCC2)c1cc(C)c(Cl)s1. The van der Waals surface area contributed by atoms with Crippen LogP contribution in [0.25, 0.3) is 0 Å². The van der Waals surface area contributed by atoms with Crippen molar-refractivity contribution in [1.29, 1.82) is 0 Å². The molecule has 1 aliphatic rings. The Balaban J connectivity index is 1.95. The van der Waals surface area contributed by atoms with Gasteiger partial charge < -0.3 is 5.32 Å². The van der Waals surface area contributed by atoms with Crippen LogP contribution in [0.1, 0.15) is 52.9 Å². The third-order valence-electron chi connectivity index (χ3n) is 4.22. The number of aryl methyl sites for hydroxylation is 3. The van der Waals surface area contributed by atoms with Crippen LogP contribution < -0.4 is 5.32 Å². The topological polar surface area (TPSA) is 12.0 Å². The van der Waals surface area contributed by atoms with Gasteiger partial charge in [-0.15, -0.1) is 11.3 Å². The third-order valence-corrected chi connectivity index (χ3v) is 5.84. The Hall–Kier alpha value is -0.830. The first-order chi connectivity index (χ1) is 10.2. The number of rotatable bonds is 5. The van der Waals surface area contributed by atoms with Gasteiger partial charge in [-0.25, -0.2) is 0 Å². The van der Waals surface area contributed by atoms with Crippen LogP contribution in [0.4, 0.5) is 0 Å². The fourth-order valence-corrected chi connectivity index (χ4v) is 4.39. The summed E-state index contributed by atoms with van der Waals surface area (Å²) in [5.41, 5.74) is 5.63. The quantitative estimate of drug-likeness (QED) is 0.789. The van der Waals surface area contributed by atoms with Gasteiger partial charge in [0.2, 0.25) is 0 Å². The largest absolute Gasteiger partial charge is 0.306 e. The van der Waals surface area contributed by atoms with Crippen LogP contribution in [0.15, 0.2) is 24.3 Å². The van der Waals surface area contributed by atoms with Gasteiger partial charge in [-0.1, -0.05) is 36.7 Å². The summed E-state index contributed by atoms with van der Waals surface area (Å²) in [6, 6.07) is 9.51. The molecule has 0 saturated carbocycles. The van der Waals surface area contributed by atoms with E-state index in [9.17, 15) is 0 Å². The molecule has 1 aliphatic carbocycles. The van der Waals surface area contributed by atoms with Crippen LogP contribution in [-0.4, -0.2) is 6.54 Å². The normalized spacial score (nSPS) is 15.2. The lowest BCUT2D eigenvalue weighted by Gasteiger charge is -2.19. The molecule has 0 aliphatic heterocycles. The molecule has 0 saturated heterocycles. The first kappa shape index (κ1) is 15.1. The number of fused-ring (bicyclic) bond motifs is 1. The number of hydrogen-bond donors (Lipinski definition) is 1. The molecule has 1 atom stereocenters. The van der Waals surface area contributed by atoms with E-state index in [1.165, 1.54) is 46.4 Å². The second-order valence-electron chi connectivity index (χ2n) is 5.87. The minimum Gasteiger partial charge on any atom is -0.306 e. The summed E-state index contributed by atoms with van der Waals surface area (Å²) < 4.78 is 0.912. The van der Waals surface area contributed by atoms with Crippen LogP contribution in [0, 0.1) is 6.92 Å². The van der Waals surface area contributed by atoms with E-state index in [1.807, 2.05) is 0 Å².